The number of aryl methyl sites for hydroxylation is 1. The van der Waals surface area contributed by atoms with Crippen molar-refractivity contribution in [3.63, 3.8) is 0 Å². The molecule has 0 aliphatic heterocycles. The van der Waals surface area contributed by atoms with Crippen LogP contribution in [-0.4, -0.2) is 14.5 Å². The van der Waals surface area contributed by atoms with E-state index in [4.69, 9.17) is 5.73 Å². The van der Waals surface area contributed by atoms with Crippen molar-refractivity contribution in [2.45, 2.75) is 26.3 Å². The Morgan fingerprint density at radius 1 is 1.45 bits per heavy atom. The van der Waals surface area contributed by atoms with Gasteiger partial charge < -0.3 is 10.3 Å². The number of fused-ring (bicyclic) bond motifs is 1. The van der Waals surface area contributed by atoms with Crippen LogP contribution in [0.4, 0.5) is 10.3 Å². The van der Waals surface area contributed by atoms with Gasteiger partial charge in [-0.25, -0.2) is 14.4 Å². The van der Waals surface area contributed by atoms with Crippen LogP contribution in [0.2, 0.25) is 0 Å². The summed E-state index contributed by atoms with van der Waals surface area (Å²) in [4.78, 5) is 8.56. The fraction of sp³-hybridized carbons (Fsp3) is 0.286. The molecule has 0 bridgehead atoms. The number of hydrogen-bond acceptors (Lipinski definition) is 4. The Balaban J connectivity index is 2.03. The van der Waals surface area contributed by atoms with Crippen LogP contribution < -0.4 is 5.73 Å². The predicted molar refractivity (Wildman–Crippen MR) is 79.4 cm³/mol. The average Bonchev–Trinajstić information content (AvgIpc) is 3.01. The number of thiazole rings is 1. The van der Waals surface area contributed by atoms with E-state index in [-0.39, 0.29) is 11.7 Å². The van der Waals surface area contributed by atoms with E-state index in [2.05, 4.69) is 16.9 Å². The fourth-order valence-electron chi connectivity index (χ4n) is 2.29. The van der Waals surface area contributed by atoms with E-state index in [1.807, 2.05) is 9.95 Å². The number of aromatic nitrogens is 3. The molecule has 0 aliphatic rings. The van der Waals surface area contributed by atoms with Gasteiger partial charge in [-0.2, -0.15) is 0 Å². The minimum absolute atomic E-state index is 0.236. The second-order valence-electron chi connectivity index (χ2n) is 4.94. The summed E-state index contributed by atoms with van der Waals surface area (Å²) in [7, 11) is 0. The van der Waals surface area contributed by atoms with Crippen molar-refractivity contribution in [3.8, 4) is 0 Å². The first-order chi connectivity index (χ1) is 9.56. The Labute approximate surface area is 120 Å². The molecule has 6 heteroatoms. The van der Waals surface area contributed by atoms with Crippen LogP contribution in [0, 0.1) is 12.7 Å². The monoisotopic (exact) mass is 290 g/mol. The molecule has 2 aromatic heterocycles. The van der Waals surface area contributed by atoms with Crippen LogP contribution in [0.5, 0.6) is 0 Å². The van der Waals surface area contributed by atoms with Crippen LogP contribution in [0.15, 0.2) is 23.7 Å². The summed E-state index contributed by atoms with van der Waals surface area (Å²) in [6.45, 7) is 4.52. The van der Waals surface area contributed by atoms with Gasteiger partial charge in [-0.3, -0.25) is 0 Å². The number of benzene rings is 1. The highest BCUT2D eigenvalue weighted by Gasteiger charge is 2.15. The molecule has 1 aromatic carbocycles. The van der Waals surface area contributed by atoms with Gasteiger partial charge in [0.05, 0.1) is 16.0 Å². The lowest BCUT2D eigenvalue weighted by Gasteiger charge is -2.12. The van der Waals surface area contributed by atoms with Crippen molar-refractivity contribution in [1.29, 1.82) is 0 Å². The number of nitrogens with zero attached hydrogens (tertiary/aromatic N) is 3. The van der Waals surface area contributed by atoms with Gasteiger partial charge in [0.25, 0.3) is 0 Å². The van der Waals surface area contributed by atoms with Gasteiger partial charge >= 0.3 is 0 Å². The van der Waals surface area contributed by atoms with Crippen LogP contribution >= 0.6 is 11.3 Å². The first-order valence-corrected chi connectivity index (χ1v) is 7.25. The lowest BCUT2D eigenvalue weighted by atomic mass is 10.1. The highest BCUT2D eigenvalue weighted by molar-refractivity contribution is 7.09. The molecule has 0 aliphatic carbocycles. The second kappa shape index (κ2) is 4.86. The zero-order valence-electron chi connectivity index (χ0n) is 11.3. The average molecular weight is 290 g/mol. The van der Waals surface area contributed by atoms with Gasteiger partial charge in [-0.05, 0) is 18.6 Å². The molecule has 0 saturated heterocycles. The summed E-state index contributed by atoms with van der Waals surface area (Å²) in [6, 6.07) is 3.23. The van der Waals surface area contributed by atoms with Crippen LogP contribution in [0.25, 0.3) is 11.0 Å². The van der Waals surface area contributed by atoms with E-state index in [1.165, 1.54) is 6.07 Å². The molecule has 3 rings (SSSR count). The minimum atomic E-state index is -0.255. The summed E-state index contributed by atoms with van der Waals surface area (Å²) >= 11 is 1.62. The maximum atomic E-state index is 13.6. The van der Waals surface area contributed by atoms with E-state index in [0.29, 0.717) is 23.6 Å². The smallest absolute Gasteiger partial charge is 0.201 e. The van der Waals surface area contributed by atoms with Crippen LogP contribution in [0.3, 0.4) is 0 Å². The molecule has 2 N–H and O–H groups in total. The third-order valence-electron chi connectivity index (χ3n) is 3.39. The first-order valence-electron chi connectivity index (χ1n) is 6.37. The number of hydrogen-bond donors (Lipinski definition) is 1. The van der Waals surface area contributed by atoms with Crippen molar-refractivity contribution in [2.75, 3.05) is 5.73 Å². The van der Waals surface area contributed by atoms with Crippen molar-refractivity contribution < 1.29 is 4.39 Å². The van der Waals surface area contributed by atoms with E-state index in [9.17, 15) is 4.39 Å². The van der Waals surface area contributed by atoms with E-state index >= 15 is 0 Å². The minimum Gasteiger partial charge on any atom is -0.369 e. The topological polar surface area (TPSA) is 56.7 Å². The quantitative estimate of drug-likeness (QED) is 0.805. The van der Waals surface area contributed by atoms with Gasteiger partial charge in [-0.15, -0.1) is 11.3 Å². The Morgan fingerprint density at radius 3 is 2.95 bits per heavy atom. The van der Waals surface area contributed by atoms with E-state index in [1.54, 1.807) is 30.5 Å². The number of imidazole rings is 1. The zero-order chi connectivity index (χ0) is 14.3. The van der Waals surface area contributed by atoms with Gasteiger partial charge in [0.2, 0.25) is 5.95 Å². The normalized spacial score (nSPS) is 12.9. The number of halogens is 1. The highest BCUT2D eigenvalue weighted by atomic mass is 32.1. The van der Waals surface area contributed by atoms with Crippen LogP contribution in [0.1, 0.15) is 23.4 Å². The van der Waals surface area contributed by atoms with E-state index in [0.717, 1.165) is 10.5 Å². The maximum Gasteiger partial charge on any atom is 0.201 e. The molecule has 0 amide bonds. The number of rotatable bonds is 3. The van der Waals surface area contributed by atoms with Crippen molar-refractivity contribution in [2.24, 2.45) is 0 Å². The summed E-state index contributed by atoms with van der Waals surface area (Å²) in [5, 5.41) is 3.02. The standard InChI is InChI=1S/C14H15FN4S/c1-8-5-12-11(6-10(8)15)18-14(16)19(12)7-9(2)13-17-3-4-20-13/h3-6,9H,7H2,1-2H3,(H2,16,18). The van der Waals surface area contributed by atoms with Gasteiger partial charge in [-0.1, -0.05) is 6.92 Å². The molecular formula is C14H15FN4S. The zero-order valence-corrected chi connectivity index (χ0v) is 12.1. The molecule has 4 nitrogen and oxygen atoms in total. The largest absolute Gasteiger partial charge is 0.369 e. The molecule has 0 radical (unpaired) electrons. The molecule has 0 fully saturated rings. The van der Waals surface area contributed by atoms with Crippen molar-refractivity contribution >= 4 is 28.3 Å². The SMILES string of the molecule is Cc1cc2c(cc1F)nc(N)n2CC(C)c1nccs1. The maximum absolute atomic E-state index is 13.6. The van der Waals surface area contributed by atoms with Gasteiger partial charge in [0.1, 0.15) is 5.82 Å². The van der Waals surface area contributed by atoms with Crippen molar-refractivity contribution in [1.82, 2.24) is 14.5 Å². The predicted octanol–water partition coefficient (Wildman–Crippen LogP) is 3.33. The first kappa shape index (κ1) is 13.1. The Hall–Kier alpha value is -1.95. The fourth-order valence-corrected chi connectivity index (χ4v) is 2.98. The molecule has 1 atom stereocenters. The number of anilines is 1. The third-order valence-corrected chi connectivity index (χ3v) is 4.39. The molecule has 2 heterocycles. The molecule has 0 spiro atoms. The summed E-state index contributed by atoms with van der Waals surface area (Å²) < 4.78 is 15.5. The van der Waals surface area contributed by atoms with Gasteiger partial charge in [0.15, 0.2) is 0 Å². The summed E-state index contributed by atoms with van der Waals surface area (Å²) in [5.41, 5.74) is 8.03. The molecule has 104 valence electrons. The Bertz CT molecular complexity index is 748. The Kier molecular flexibility index (Phi) is 3.17. The summed E-state index contributed by atoms with van der Waals surface area (Å²) in [6.07, 6.45) is 1.80. The van der Waals surface area contributed by atoms with Gasteiger partial charge in [0, 0.05) is 30.1 Å². The highest BCUT2D eigenvalue weighted by Crippen LogP contribution is 2.26. The van der Waals surface area contributed by atoms with Crippen molar-refractivity contribution in [3.05, 3.63) is 40.1 Å². The molecular weight excluding hydrogens is 275 g/mol. The third kappa shape index (κ3) is 2.16. The molecule has 20 heavy (non-hydrogen) atoms. The lowest BCUT2D eigenvalue weighted by molar-refractivity contribution is 0.610. The van der Waals surface area contributed by atoms with E-state index < -0.39 is 0 Å². The van der Waals surface area contributed by atoms with Crippen LogP contribution in [-0.2, 0) is 6.54 Å². The lowest BCUT2D eigenvalue weighted by Crippen LogP contribution is -2.09. The summed E-state index contributed by atoms with van der Waals surface area (Å²) in [5.74, 6) is 0.392. The molecule has 0 saturated carbocycles. The molecule has 1 unspecified atom stereocenters. The number of nitrogen functional groups attached to an aromatic ring is 1. The Morgan fingerprint density at radius 2 is 2.25 bits per heavy atom. The number of nitrogens with two attached hydrogens (primary N) is 1. The molecule has 3 aromatic rings. The second-order valence-corrected chi connectivity index (χ2v) is 5.87.